The predicted octanol–water partition coefficient (Wildman–Crippen LogP) is 2.42. The number of hydrogen-bond donors (Lipinski definition) is 5. The Labute approximate surface area is 261 Å². The molecule has 0 amide bonds. The lowest BCUT2D eigenvalue weighted by atomic mass is 9.79. The van der Waals surface area contributed by atoms with Gasteiger partial charge in [-0.1, -0.05) is 0 Å². The zero-order chi connectivity index (χ0) is 33.8. The summed E-state index contributed by atoms with van der Waals surface area (Å²) in [5, 5.41) is 50.7. The Kier molecular flexibility index (Phi) is 9.76. The van der Waals surface area contributed by atoms with Crippen LogP contribution in [0.1, 0.15) is 43.9 Å². The van der Waals surface area contributed by atoms with Crippen LogP contribution in [0.5, 0.6) is 34.5 Å². The number of phenols is 3. The van der Waals surface area contributed by atoms with Crippen molar-refractivity contribution in [1.29, 1.82) is 0 Å². The zero-order valence-corrected chi connectivity index (χ0v) is 24.7. The van der Waals surface area contributed by atoms with Crippen LogP contribution < -0.4 is 14.2 Å². The number of carboxylic acids is 1. The molecule has 2 atom stereocenters. The second-order valence-corrected chi connectivity index (χ2v) is 10.2. The van der Waals surface area contributed by atoms with E-state index in [1.54, 1.807) is 0 Å². The molecule has 0 heterocycles. The van der Waals surface area contributed by atoms with Crippen LogP contribution in [0, 0.1) is 0 Å². The number of esters is 3. The maximum Gasteiger partial charge on any atom is 0.338 e. The van der Waals surface area contributed by atoms with Gasteiger partial charge in [-0.3, -0.25) is 0 Å². The Hall–Kier alpha value is -5.70. The number of aliphatic carboxylic acids is 1. The Morgan fingerprint density at radius 3 is 1.24 bits per heavy atom. The number of rotatable bonds is 10. The van der Waals surface area contributed by atoms with E-state index in [0.29, 0.717) is 0 Å². The van der Waals surface area contributed by atoms with Crippen molar-refractivity contribution in [2.45, 2.75) is 36.8 Å². The Balaban J connectivity index is 1.74. The van der Waals surface area contributed by atoms with Gasteiger partial charge < -0.3 is 54.0 Å². The second kappa shape index (κ2) is 13.5. The molecule has 0 spiro atoms. The SMILES string of the molecule is COc1cc(C(=O)OC2[C@H](OC(=O)c3ccc(O)c(OC)c3)CC(O)(C(=O)O)C[C@H]2OC(=O)c2ccc(O)c(OC)c2)ccc1O. The Bertz CT molecular complexity index is 1570. The Morgan fingerprint density at radius 1 is 0.609 bits per heavy atom. The van der Waals surface area contributed by atoms with Crippen molar-refractivity contribution < 1.29 is 73.1 Å². The number of hydrogen-bond acceptors (Lipinski definition) is 14. The van der Waals surface area contributed by atoms with Crippen LogP contribution >= 0.6 is 0 Å². The minimum atomic E-state index is -2.63. The summed E-state index contributed by atoms with van der Waals surface area (Å²) < 4.78 is 31.8. The number of ether oxygens (including phenoxy) is 6. The fraction of sp³-hybridized carbons (Fsp3) is 0.290. The standard InChI is InChI=1S/C31H30O15/c1-41-21-10-15(4-7-18(21)32)27(35)44-24-13-31(40,30(38)39)14-25(45-28(36)16-5-8-19(33)22(11-16)42-2)26(24)46-29(37)17-6-9-20(34)23(12-17)43-3/h4-12,24-26,32-34,40H,13-14H2,1-3H3,(H,38,39)/t24-,25-,26?,31?/m1/s1. The minimum absolute atomic E-state index is 0.0770. The molecule has 5 N–H and O–H groups in total. The summed E-state index contributed by atoms with van der Waals surface area (Å²) in [6.07, 6.45) is -6.69. The fourth-order valence-corrected chi connectivity index (χ4v) is 4.78. The van der Waals surface area contributed by atoms with Gasteiger partial charge in [0.15, 0.2) is 46.2 Å². The second-order valence-electron chi connectivity index (χ2n) is 10.2. The van der Waals surface area contributed by atoms with Gasteiger partial charge in [-0.15, -0.1) is 0 Å². The van der Waals surface area contributed by atoms with E-state index in [0.717, 1.165) is 36.4 Å². The highest BCUT2D eigenvalue weighted by molar-refractivity contribution is 5.92. The average Bonchev–Trinajstić information content (AvgIpc) is 3.03. The van der Waals surface area contributed by atoms with Gasteiger partial charge in [0.25, 0.3) is 0 Å². The Morgan fingerprint density at radius 2 is 0.935 bits per heavy atom. The van der Waals surface area contributed by atoms with E-state index in [9.17, 15) is 44.7 Å². The predicted molar refractivity (Wildman–Crippen MR) is 153 cm³/mol. The van der Waals surface area contributed by atoms with Gasteiger partial charge in [0, 0.05) is 12.8 Å². The van der Waals surface area contributed by atoms with Gasteiger partial charge in [-0.05, 0) is 54.6 Å². The highest BCUT2D eigenvalue weighted by Crippen LogP contribution is 2.37. The highest BCUT2D eigenvalue weighted by Gasteiger charge is 2.54. The highest BCUT2D eigenvalue weighted by atomic mass is 16.6. The van der Waals surface area contributed by atoms with Crippen molar-refractivity contribution in [3.05, 3.63) is 71.3 Å². The zero-order valence-electron chi connectivity index (χ0n) is 24.7. The number of carbonyl (C=O) groups is 4. The maximum atomic E-state index is 13.3. The number of phenolic OH excluding ortho intramolecular Hbond substituents is 3. The molecule has 1 aliphatic carbocycles. The molecule has 0 aliphatic heterocycles. The summed E-state index contributed by atoms with van der Waals surface area (Å²) in [6, 6.07) is 10.5. The summed E-state index contributed by atoms with van der Waals surface area (Å²) in [5.74, 6) is -6.07. The molecule has 0 bridgehead atoms. The normalized spacial score (nSPS) is 20.6. The van der Waals surface area contributed by atoms with E-state index < -0.39 is 60.6 Å². The van der Waals surface area contributed by atoms with Crippen molar-refractivity contribution in [2.24, 2.45) is 0 Å². The molecule has 15 nitrogen and oxygen atoms in total. The molecule has 1 saturated carbocycles. The monoisotopic (exact) mass is 642 g/mol. The van der Waals surface area contributed by atoms with Crippen LogP contribution in [-0.2, 0) is 19.0 Å². The minimum Gasteiger partial charge on any atom is -0.504 e. The summed E-state index contributed by atoms with van der Waals surface area (Å²) in [5.41, 5.74) is -3.08. The van der Waals surface area contributed by atoms with E-state index in [-0.39, 0.29) is 51.2 Å². The molecular formula is C31H30O15. The van der Waals surface area contributed by atoms with Crippen molar-refractivity contribution >= 4 is 23.9 Å². The molecule has 46 heavy (non-hydrogen) atoms. The number of aliphatic hydroxyl groups is 1. The van der Waals surface area contributed by atoms with Crippen LogP contribution in [0.15, 0.2) is 54.6 Å². The van der Waals surface area contributed by atoms with Crippen LogP contribution in [0.25, 0.3) is 0 Å². The van der Waals surface area contributed by atoms with E-state index in [1.807, 2.05) is 0 Å². The molecule has 1 fully saturated rings. The lowest BCUT2D eigenvalue weighted by Crippen LogP contribution is -2.59. The van der Waals surface area contributed by atoms with Crippen molar-refractivity contribution in [2.75, 3.05) is 21.3 Å². The largest absolute Gasteiger partial charge is 0.504 e. The van der Waals surface area contributed by atoms with E-state index >= 15 is 0 Å². The molecule has 0 aromatic heterocycles. The maximum absolute atomic E-state index is 13.3. The molecule has 3 aromatic carbocycles. The van der Waals surface area contributed by atoms with Gasteiger partial charge in [-0.2, -0.15) is 0 Å². The first-order valence-electron chi connectivity index (χ1n) is 13.5. The number of carbonyl (C=O) groups excluding carboxylic acids is 3. The third kappa shape index (κ3) is 6.99. The van der Waals surface area contributed by atoms with Gasteiger partial charge in [0.05, 0.1) is 38.0 Å². The molecule has 1 aliphatic rings. The van der Waals surface area contributed by atoms with Gasteiger partial charge >= 0.3 is 23.9 Å². The van der Waals surface area contributed by atoms with Crippen molar-refractivity contribution in [1.82, 2.24) is 0 Å². The number of benzene rings is 3. The summed E-state index contributed by atoms with van der Waals surface area (Å²) in [7, 11) is 3.74. The first-order valence-corrected chi connectivity index (χ1v) is 13.5. The molecular weight excluding hydrogens is 612 g/mol. The van der Waals surface area contributed by atoms with Crippen LogP contribution in [0.3, 0.4) is 0 Å². The first kappa shape index (κ1) is 33.2. The van der Waals surface area contributed by atoms with E-state index in [4.69, 9.17) is 28.4 Å². The molecule has 15 heteroatoms. The van der Waals surface area contributed by atoms with E-state index in [1.165, 1.54) is 39.5 Å². The number of aromatic hydroxyl groups is 3. The molecule has 244 valence electrons. The van der Waals surface area contributed by atoms with Crippen molar-refractivity contribution in [3.63, 3.8) is 0 Å². The van der Waals surface area contributed by atoms with Gasteiger partial charge in [0.1, 0.15) is 12.2 Å². The average molecular weight is 643 g/mol. The van der Waals surface area contributed by atoms with Crippen LogP contribution in [0.4, 0.5) is 0 Å². The lowest BCUT2D eigenvalue weighted by Gasteiger charge is -2.42. The molecule has 4 rings (SSSR count). The summed E-state index contributed by atoms with van der Waals surface area (Å²) >= 11 is 0. The quantitative estimate of drug-likeness (QED) is 0.158. The van der Waals surface area contributed by atoms with Crippen LogP contribution in [-0.4, -0.2) is 94.7 Å². The molecule has 3 aromatic rings. The topological polar surface area (TPSA) is 225 Å². The smallest absolute Gasteiger partial charge is 0.338 e. The van der Waals surface area contributed by atoms with Gasteiger partial charge in [-0.25, -0.2) is 19.2 Å². The third-order valence-corrected chi connectivity index (χ3v) is 7.21. The molecule has 0 unspecified atom stereocenters. The molecule has 0 saturated heterocycles. The number of methoxy groups -OCH3 is 3. The summed E-state index contributed by atoms with van der Waals surface area (Å²) in [4.78, 5) is 52.0. The van der Waals surface area contributed by atoms with Gasteiger partial charge in [0.2, 0.25) is 0 Å². The first-order chi connectivity index (χ1) is 21.8. The lowest BCUT2D eigenvalue weighted by molar-refractivity contribution is -0.188. The fourth-order valence-electron chi connectivity index (χ4n) is 4.78. The summed E-state index contributed by atoms with van der Waals surface area (Å²) in [6.45, 7) is 0. The van der Waals surface area contributed by atoms with Crippen molar-refractivity contribution in [3.8, 4) is 34.5 Å². The molecule has 0 radical (unpaired) electrons. The third-order valence-electron chi connectivity index (χ3n) is 7.21. The van der Waals surface area contributed by atoms with Crippen LogP contribution in [0.2, 0.25) is 0 Å². The number of carboxylic acid groups (broad SMARTS) is 1. The van der Waals surface area contributed by atoms with E-state index in [2.05, 4.69) is 0 Å².